The van der Waals surface area contributed by atoms with Gasteiger partial charge in [-0.1, -0.05) is 40.0 Å². The third kappa shape index (κ3) is 37.5. The first-order chi connectivity index (χ1) is 3.27. The van der Waals surface area contributed by atoms with Crippen molar-refractivity contribution in [2.75, 3.05) is 0 Å². The van der Waals surface area contributed by atoms with Crippen LogP contribution in [0.4, 0.5) is 0 Å². The van der Waals surface area contributed by atoms with Crippen LogP contribution in [0.5, 0.6) is 0 Å². The molecule has 0 fully saturated rings. The van der Waals surface area contributed by atoms with E-state index in [0.717, 1.165) is 5.92 Å². The molecule has 6 N–H and O–H groups in total. The van der Waals surface area contributed by atoms with Crippen LogP contribution in [0.15, 0.2) is 0 Å². The van der Waals surface area contributed by atoms with Crippen molar-refractivity contribution in [1.82, 2.24) is 12.3 Å². The zero-order valence-corrected chi connectivity index (χ0v) is 9.56. The lowest BCUT2D eigenvalue weighted by Crippen LogP contribution is -1.83. The smallest absolute Gasteiger partial charge is 0.0471 e. The largest absolute Gasteiger partial charge is 0.344 e. The molecule has 0 aromatic heterocycles. The van der Waals surface area contributed by atoms with Crippen LogP contribution in [0.3, 0.4) is 0 Å². The molecule has 0 rings (SSSR count). The molecule has 0 saturated heterocycles. The average molecular weight is 207 g/mol. The molecule has 0 atom stereocenters. The molecule has 0 aromatic rings. The van der Waals surface area contributed by atoms with E-state index in [9.17, 15) is 0 Å². The molecule has 2 nitrogen and oxygen atoms in total. The maximum Gasteiger partial charge on any atom is -0.0471 e. The summed E-state index contributed by atoms with van der Waals surface area (Å²) < 4.78 is 0. The number of halogens is 2. The number of unbranched alkanes of at least 4 members (excludes halogenated alkanes) is 1. The zero-order valence-electron chi connectivity index (χ0n) is 7.93. The quantitative estimate of drug-likeness (QED) is 0.734. The van der Waals surface area contributed by atoms with Crippen molar-refractivity contribution in [2.24, 2.45) is 5.92 Å². The third-order valence-corrected chi connectivity index (χ3v) is 1.14. The van der Waals surface area contributed by atoms with Gasteiger partial charge < -0.3 is 12.3 Å². The summed E-state index contributed by atoms with van der Waals surface area (Å²) in [4.78, 5) is 0. The summed E-state index contributed by atoms with van der Waals surface area (Å²) in [6.07, 6.45) is 4.15. The van der Waals surface area contributed by atoms with Crippen LogP contribution in [0.1, 0.15) is 40.0 Å². The van der Waals surface area contributed by atoms with Crippen molar-refractivity contribution >= 4 is 24.8 Å². The number of hydrogen-bond acceptors (Lipinski definition) is 2. The minimum atomic E-state index is 0. The third-order valence-electron chi connectivity index (χ3n) is 1.14. The molecule has 0 saturated carbocycles. The van der Waals surface area contributed by atoms with Crippen molar-refractivity contribution in [3.8, 4) is 0 Å². The van der Waals surface area contributed by atoms with Crippen LogP contribution < -0.4 is 12.3 Å². The fourth-order valence-electron chi connectivity index (χ4n) is 0.612. The van der Waals surface area contributed by atoms with Crippen LogP contribution in [0.2, 0.25) is 0 Å². The second-order valence-electron chi connectivity index (χ2n) is 2.54. The summed E-state index contributed by atoms with van der Waals surface area (Å²) in [5, 5.41) is 0. The summed E-state index contributed by atoms with van der Waals surface area (Å²) in [5.74, 6) is 0.903. The van der Waals surface area contributed by atoms with E-state index in [1.807, 2.05) is 0 Å². The minimum absolute atomic E-state index is 0. The predicted octanol–water partition coefficient (Wildman–Crippen LogP) is 4.00. The number of hydrogen-bond donors (Lipinski definition) is 2. The van der Waals surface area contributed by atoms with Gasteiger partial charge in [-0.3, -0.25) is 0 Å². The Bertz CT molecular complexity index is 43.4. The molecule has 0 aromatic carbocycles. The van der Waals surface area contributed by atoms with E-state index in [-0.39, 0.29) is 37.1 Å². The fourth-order valence-corrected chi connectivity index (χ4v) is 0.612. The summed E-state index contributed by atoms with van der Waals surface area (Å²) in [6.45, 7) is 6.79. The molecular weight excluding hydrogens is 183 g/mol. The highest BCUT2D eigenvalue weighted by Crippen LogP contribution is 2.04. The summed E-state index contributed by atoms with van der Waals surface area (Å²) in [6, 6.07) is 0. The van der Waals surface area contributed by atoms with Gasteiger partial charge in [0.2, 0.25) is 0 Å². The molecule has 11 heavy (non-hydrogen) atoms. The van der Waals surface area contributed by atoms with Crippen molar-refractivity contribution in [1.29, 1.82) is 0 Å². The summed E-state index contributed by atoms with van der Waals surface area (Å²) in [5.41, 5.74) is 0. The van der Waals surface area contributed by atoms with Gasteiger partial charge in [-0.15, -0.1) is 24.8 Å². The van der Waals surface area contributed by atoms with E-state index in [4.69, 9.17) is 0 Å². The Hall–Kier alpha value is 0.500. The Labute approximate surface area is 83.5 Å². The molecule has 0 bridgehead atoms. The first-order valence-corrected chi connectivity index (χ1v) is 3.27. The lowest BCUT2D eigenvalue weighted by atomic mass is 10.1. The lowest BCUT2D eigenvalue weighted by molar-refractivity contribution is 0.550. The van der Waals surface area contributed by atoms with Gasteiger partial charge in [0.25, 0.3) is 0 Å². The molecule has 0 heterocycles. The number of rotatable bonds is 3. The minimum Gasteiger partial charge on any atom is -0.344 e. The highest BCUT2D eigenvalue weighted by atomic mass is 35.5. The SMILES string of the molecule is CCCCC(C)C.Cl.Cl.N.N. The van der Waals surface area contributed by atoms with Crippen molar-refractivity contribution in [2.45, 2.75) is 40.0 Å². The monoisotopic (exact) mass is 206 g/mol. The molecule has 0 amide bonds. The zero-order chi connectivity index (χ0) is 5.70. The van der Waals surface area contributed by atoms with Gasteiger partial charge in [0.15, 0.2) is 0 Å². The second kappa shape index (κ2) is 22.4. The fraction of sp³-hybridized carbons (Fsp3) is 1.00. The Morgan fingerprint density at radius 2 is 1.36 bits per heavy atom. The molecule has 0 unspecified atom stereocenters. The molecule has 0 radical (unpaired) electrons. The van der Waals surface area contributed by atoms with Crippen molar-refractivity contribution < 1.29 is 0 Å². The first kappa shape index (κ1) is 30.0. The van der Waals surface area contributed by atoms with Crippen LogP contribution in [-0.2, 0) is 0 Å². The second-order valence-corrected chi connectivity index (χ2v) is 2.54. The highest BCUT2D eigenvalue weighted by molar-refractivity contribution is 5.85. The first-order valence-electron chi connectivity index (χ1n) is 3.27. The Kier molecular flexibility index (Phi) is 61.2. The Morgan fingerprint density at radius 1 is 1.00 bits per heavy atom. The summed E-state index contributed by atoms with van der Waals surface area (Å²) in [7, 11) is 0. The molecule has 0 spiro atoms. The topological polar surface area (TPSA) is 70.0 Å². The highest BCUT2D eigenvalue weighted by Gasteiger charge is 1.88. The van der Waals surface area contributed by atoms with E-state index >= 15 is 0 Å². The van der Waals surface area contributed by atoms with Crippen LogP contribution >= 0.6 is 24.8 Å². The molecule has 0 aliphatic rings. The van der Waals surface area contributed by atoms with Crippen molar-refractivity contribution in [3.63, 3.8) is 0 Å². The Morgan fingerprint density at radius 3 is 1.45 bits per heavy atom. The molecule has 76 valence electrons. The molecular formula is C7H24Cl2N2. The molecule has 4 heteroatoms. The van der Waals surface area contributed by atoms with Crippen LogP contribution in [0, 0.1) is 5.92 Å². The van der Waals surface area contributed by atoms with Gasteiger partial charge in [-0.05, 0) is 5.92 Å². The van der Waals surface area contributed by atoms with E-state index in [1.54, 1.807) is 0 Å². The molecule has 0 aliphatic heterocycles. The Balaban J connectivity index is -0.0000000300. The van der Waals surface area contributed by atoms with E-state index in [2.05, 4.69) is 20.8 Å². The maximum atomic E-state index is 2.27. The van der Waals surface area contributed by atoms with Gasteiger partial charge in [0.1, 0.15) is 0 Å². The van der Waals surface area contributed by atoms with Gasteiger partial charge in [-0.2, -0.15) is 0 Å². The van der Waals surface area contributed by atoms with E-state index in [1.165, 1.54) is 19.3 Å². The average Bonchev–Trinajstić information content (AvgIpc) is 1.61. The van der Waals surface area contributed by atoms with Gasteiger partial charge in [-0.25, -0.2) is 0 Å². The van der Waals surface area contributed by atoms with E-state index < -0.39 is 0 Å². The maximum absolute atomic E-state index is 2.27. The molecule has 0 aliphatic carbocycles. The van der Waals surface area contributed by atoms with Crippen molar-refractivity contribution in [3.05, 3.63) is 0 Å². The van der Waals surface area contributed by atoms with Crippen LogP contribution in [0.25, 0.3) is 0 Å². The normalized spacial score (nSPS) is 6.55. The van der Waals surface area contributed by atoms with Gasteiger partial charge in [0, 0.05) is 0 Å². The van der Waals surface area contributed by atoms with Gasteiger partial charge in [0.05, 0.1) is 0 Å². The summed E-state index contributed by atoms with van der Waals surface area (Å²) >= 11 is 0. The lowest BCUT2D eigenvalue weighted by Gasteiger charge is -1.98. The van der Waals surface area contributed by atoms with Gasteiger partial charge >= 0.3 is 0 Å². The van der Waals surface area contributed by atoms with Crippen LogP contribution in [-0.4, -0.2) is 0 Å². The standard InChI is InChI=1S/C7H16.2ClH.2H3N/c1-4-5-6-7(2)3;;;;/h7H,4-6H2,1-3H3;2*1H;2*1H3. The van der Waals surface area contributed by atoms with E-state index in [0.29, 0.717) is 0 Å². The predicted molar refractivity (Wildman–Crippen MR) is 58.9 cm³/mol.